The van der Waals surface area contributed by atoms with Gasteiger partial charge in [-0.05, 0) is 6.92 Å². The maximum Gasteiger partial charge on any atom is 0.182 e. The van der Waals surface area contributed by atoms with E-state index in [0.717, 1.165) is 50.2 Å². The minimum atomic E-state index is 0.871. The van der Waals surface area contributed by atoms with Gasteiger partial charge in [-0.3, -0.25) is 4.90 Å². The molecule has 0 atom stereocenters. The number of nitrogens with zero attached hydrogens (tertiary/aromatic N) is 2. The molecule has 1 N–H and O–H groups in total. The van der Waals surface area contributed by atoms with Crippen molar-refractivity contribution in [3.05, 3.63) is 11.1 Å². The number of anilines is 1. The molecule has 1 aromatic rings. The fourth-order valence-corrected chi connectivity index (χ4v) is 2.30. The third-order valence-corrected chi connectivity index (χ3v) is 3.34. The molecule has 1 saturated heterocycles. The van der Waals surface area contributed by atoms with E-state index in [1.807, 2.05) is 6.92 Å². The van der Waals surface area contributed by atoms with Gasteiger partial charge in [0.1, 0.15) is 0 Å². The zero-order valence-electron chi connectivity index (χ0n) is 9.03. The number of thiazole rings is 1. The topological polar surface area (TPSA) is 37.4 Å². The van der Waals surface area contributed by atoms with E-state index in [1.165, 1.54) is 0 Å². The zero-order chi connectivity index (χ0) is 10.5. The van der Waals surface area contributed by atoms with E-state index in [-0.39, 0.29) is 0 Å². The second-order valence-electron chi connectivity index (χ2n) is 3.67. The van der Waals surface area contributed by atoms with E-state index in [1.54, 1.807) is 11.3 Å². The van der Waals surface area contributed by atoms with Crippen LogP contribution < -0.4 is 5.32 Å². The zero-order valence-corrected chi connectivity index (χ0v) is 9.85. The number of hydrogen-bond donors (Lipinski definition) is 1. The molecule has 0 aliphatic carbocycles. The van der Waals surface area contributed by atoms with E-state index in [9.17, 15) is 0 Å². The van der Waals surface area contributed by atoms with Gasteiger partial charge in [0.15, 0.2) is 5.13 Å². The minimum Gasteiger partial charge on any atom is -0.379 e. The minimum absolute atomic E-state index is 0.871. The largest absolute Gasteiger partial charge is 0.379 e. The highest BCUT2D eigenvalue weighted by atomic mass is 32.1. The van der Waals surface area contributed by atoms with Crippen LogP contribution >= 0.6 is 11.3 Å². The Balaban J connectivity index is 1.65. The molecule has 84 valence electrons. The summed E-state index contributed by atoms with van der Waals surface area (Å²) >= 11 is 1.67. The smallest absolute Gasteiger partial charge is 0.182 e. The summed E-state index contributed by atoms with van der Waals surface area (Å²) in [7, 11) is 0. The van der Waals surface area contributed by atoms with E-state index < -0.39 is 0 Å². The number of aromatic nitrogens is 1. The Morgan fingerprint density at radius 3 is 3.00 bits per heavy atom. The molecule has 1 aliphatic rings. The van der Waals surface area contributed by atoms with Crippen LogP contribution in [0.15, 0.2) is 5.38 Å². The molecule has 2 rings (SSSR count). The van der Waals surface area contributed by atoms with E-state index >= 15 is 0 Å². The average molecular weight is 227 g/mol. The van der Waals surface area contributed by atoms with Crippen molar-refractivity contribution in [3.8, 4) is 0 Å². The van der Waals surface area contributed by atoms with Gasteiger partial charge in [-0.2, -0.15) is 0 Å². The van der Waals surface area contributed by atoms with Gasteiger partial charge in [-0.15, -0.1) is 11.3 Å². The summed E-state index contributed by atoms with van der Waals surface area (Å²) in [5.74, 6) is 0. The van der Waals surface area contributed by atoms with Crippen LogP contribution in [0.5, 0.6) is 0 Å². The molecule has 1 fully saturated rings. The molecule has 0 unspecified atom stereocenters. The van der Waals surface area contributed by atoms with Crippen molar-refractivity contribution in [3.63, 3.8) is 0 Å². The Kier molecular flexibility index (Phi) is 3.94. The predicted octanol–water partition coefficient (Wildman–Crippen LogP) is 1.20. The lowest BCUT2D eigenvalue weighted by Gasteiger charge is -2.26. The second-order valence-corrected chi connectivity index (χ2v) is 4.53. The molecule has 0 spiro atoms. The normalized spacial score (nSPS) is 17.9. The molecule has 0 radical (unpaired) electrons. The Bertz CT molecular complexity index is 297. The second kappa shape index (κ2) is 5.44. The molecular formula is C10H17N3OS. The Labute approximate surface area is 94.3 Å². The van der Waals surface area contributed by atoms with Crippen LogP contribution in [0.2, 0.25) is 0 Å². The molecule has 0 aromatic carbocycles. The van der Waals surface area contributed by atoms with Crippen LogP contribution in [0, 0.1) is 6.92 Å². The molecule has 0 amide bonds. The standard InChI is InChI=1S/C10H17N3OS/c1-9-8-15-10(12-9)11-2-3-13-4-6-14-7-5-13/h8H,2-7H2,1H3,(H,11,12). The van der Waals surface area contributed by atoms with Crippen molar-refractivity contribution in [2.45, 2.75) is 6.92 Å². The molecule has 4 nitrogen and oxygen atoms in total. The molecule has 0 bridgehead atoms. The van der Waals surface area contributed by atoms with Gasteiger partial charge in [0.2, 0.25) is 0 Å². The Morgan fingerprint density at radius 1 is 1.53 bits per heavy atom. The summed E-state index contributed by atoms with van der Waals surface area (Å²) in [6.07, 6.45) is 0. The van der Waals surface area contributed by atoms with Crippen LogP contribution in [0.25, 0.3) is 0 Å². The summed E-state index contributed by atoms with van der Waals surface area (Å²) < 4.78 is 5.30. The summed E-state index contributed by atoms with van der Waals surface area (Å²) in [5, 5.41) is 6.43. The van der Waals surface area contributed by atoms with E-state index in [0.29, 0.717) is 0 Å². The van der Waals surface area contributed by atoms with Gasteiger partial charge in [-0.1, -0.05) is 0 Å². The highest BCUT2D eigenvalue weighted by Gasteiger charge is 2.09. The first-order chi connectivity index (χ1) is 7.34. The lowest BCUT2D eigenvalue weighted by molar-refractivity contribution is 0.0398. The average Bonchev–Trinajstić information content (AvgIpc) is 2.66. The third-order valence-electron chi connectivity index (χ3n) is 2.43. The lowest BCUT2D eigenvalue weighted by Crippen LogP contribution is -2.38. The highest BCUT2D eigenvalue weighted by molar-refractivity contribution is 7.13. The molecule has 5 heteroatoms. The van der Waals surface area contributed by atoms with E-state index in [2.05, 4.69) is 20.6 Å². The molecule has 15 heavy (non-hydrogen) atoms. The number of nitrogens with one attached hydrogen (secondary N) is 1. The first-order valence-corrected chi connectivity index (χ1v) is 6.18. The summed E-state index contributed by atoms with van der Waals surface area (Å²) in [5.41, 5.74) is 1.09. The molecule has 0 saturated carbocycles. The van der Waals surface area contributed by atoms with Crippen LogP contribution in [-0.4, -0.2) is 49.3 Å². The van der Waals surface area contributed by atoms with Crippen molar-refractivity contribution >= 4 is 16.5 Å². The van der Waals surface area contributed by atoms with Gasteiger partial charge in [0.05, 0.1) is 18.9 Å². The summed E-state index contributed by atoms with van der Waals surface area (Å²) in [6, 6.07) is 0. The van der Waals surface area contributed by atoms with Crippen molar-refractivity contribution in [1.82, 2.24) is 9.88 Å². The first kappa shape index (κ1) is 10.9. The Hall–Kier alpha value is -0.650. The van der Waals surface area contributed by atoms with E-state index in [4.69, 9.17) is 4.74 Å². The van der Waals surface area contributed by atoms with Gasteiger partial charge >= 0.3 is 0 Å². The maximum atomic E-state index is 5.30. The Morgan fingerprint density at radius 2 is 2.33 bits per heavy atom. The number of ether oxygens (including phenoxy) is 1. The van der Waals surface area contributed by atoms with Crippen LogP contribution in [-0.2, 0) is 4.74 Å². The fourth-order valence-electron chi connectivity index (χ4n) is 1.58. The maximum absolute atomic E-state index is 5.30. The monoisotopic (exact) mass is 227 g/mol. The van der Waals surface area contributed by atoms with Crippen molar-refractivity contribution in [2.24, 2.45) is 0 Å². The highest BCUT2D eigenvalue weighted by Crippen LogP contribution is 2.13. The van der Waals surface area contributed by atoms with Crippen molar-refractivity contribution in [1.29, 1.82) is 0 Å². The summed E-state index contributed by atoms with van der Waals surface area (Å²) in [4.78, 5) is 6.77. The van der Waals surface area contributed by atoms with Crippen LogP contribution in [0.1, 0.15) is 5.69 Å². The molecule has 1 aliphatic heterocycles. The number of morpholine rings is 1. The van der Waals surface area contributed by atoms with Crippen molar-refractivity contribution in [2.75, 3.05) is 44.7 Å². The number of hydrogen-bond acceptors (Lipinski definition) is 5. The van der Waals surface area contributed by atoms with Crippen molar-refractivity contribution < 1.29 is 4.74 Å². The van der Waals surface area contributed by atoms with Gasteiger partial charge < -0.3 is 10.1 Å². The molecular weight excluding hydrogens is 210 g/mol. The molecule has 2 heterocycles. The summed E-state index contributed by atoms with van der Waals surface area (Å²) in [6.45, 7) is 7.91. The van der Waals surface area contributed by atoms with Gasteiger partial charge in [0.25, 0.3) is 0 Å². The van der Waals surface area contributed by atoms with Gasteiger partial charge in [0, 0.05) is 31.6 Å². The number of aryl methyl sites for hydroxylation is 1. The number of rotatable bonds is 4. The first-order valence-electron chi connectivity index (χ1n) is 5.31. The quantitative estimate of drug-likeness (QED) is 0.838. The fraction of sp³-hybridized carbons (Fsp3) is 0.700. The predicted molar refractivity (Wildman–Crippen MR) is 62.6 cm³/mol. The SMILES string of the molecule is Cc1csc(NCCN2CCOCC2)n1. The van der Waals surface area contributed by atoms with Crippen LogP contribution in [0.3, 0.4) is 0 Å². The van der Waals surface area contributed by atoms with Crippen LogP contribution in [0.4, 0.5) is 5.13 Å². The molecule has 1 aromatic heterocycles. The lowest BCUT2D eigenvalue weighted by atomic mass is 10.4. The van der Waals surface area contributed by atoms with Gasteiger partial charge in [-0.25, -0.2) is 4.98 Å². The third kappa shape index (κ3) is 3.44.